The zero-order chi connectivity index (χ0) is 96.3. The lowest BCUT2D eigenvalue weighted by atomic mass is 9.80. The van der Waals surface area contributed by atoms with Gasteiger partial charge in [-0.15, -0.1) is 0 Å². The summed E-state index contributed by atoms with van der Waals surface area (Å²) in [4.78, 5) is 58.1. The second kappa shape index (κ2) is 36.6. The van der Waals surface area contributed by atoms with Crippen molar-refractivity contribution in [1.29, 1.82) is 0 Å². The standard InChI is InChI=1S/2C45H32N4.C41H30N4/c1-45(2)37-19-11-18-36(40(37)41-35-17-10-9-12-29(35)24-26-38(41)45)30-20-22-33(23-21-30)43-47-42(32-15-7-4-8-16-32)48-44(49-43)34-25-27-39(46-28-34)31-13-5-3-6-14-31;1-45(2)38-16-10-15-35(40(38)37-27-26-29-11-6-7-14-36(29)41(37)45)30-18-22-33(23-19-30)43-47-42(32-12-4-3-5-13-32)48-44(49-43)34-24-20-31(21-25-34)39-17-8-9-28-46-39;1-41(2)36-14-7-6-13-34(36)35-20-19-32(26-37(35)41)31-11-8-12-33(25-31)40-44-38(29-9-4-3-5-10-29)43-39(45-40)30-17-15-27(16-18-30)28-21-23-42-24-22-28/h2*3-28H,1-2H3;3-26H,1-2H3. The predicted molar refractivity (Wildman–Crippen MR) is 582 cm³/mol. The SMILES string of the molecule is CC1(C)c2cccc(-c3ccc(-c4nc(-c5ccccc5)nc(-c5ccc(-c6ccccc6)nc5)n4)cc3)c2-c2c1ccc1ccccc21.CC1(C)c2cccc(-c3ccc(-c4nc(-c5ccccc5)nc(-c5ccc(-c6ccccn6)cc5)n4)cc3)c2-c2ccc3ccccc3c21.CC1(C)c2ccccc2-c2ccc(-c3cccc(-c4nc(-c5ccccc5)nc(-c5ccc(-c6ccncc6)cc5)n4)c3)cc21. The first-order valence-corrected chi connectivity index (χ1v) is 48.5. The highest BCUT2D eigenvalue weighted by atomic mass is 15.1. The fourth-order valence-electron chi connectivity index (χ4n) is 21.0. The molecule has 0 spiro atoms. The first kappa shape index (κ1) is 87.5. The van der Waals surface area contributed by atoms with E-state index < -0.39 is 0 Å². The van der Waals surface area contributed by atoms with Gasteiger partial charge in [-0.25, -0.2) is 44.9 Å². The van der Waals surface area contributed by atoms with Crippen molar-refractivity contribution in [2.24, 2.45) is 0 Å². The van der Waals surface area contributed by atoms with Crippen LogP contribution in [0.5, 0.6) is 0 Å². The van der Waals surface area contributed by atoms with Crippen molar-refractivity contribution in [1.82, 2.24) is 59.8 Å². The summed E-state index contributed by atoms with van der Waals surface area (Å²) in [5, 5.41) is 5.17. The third-order valence-corrected chi connectivity index (χ3v) is 28.5. The summed E-state index contributed by atoms with van der Waals surface area (Å²) in [5.41, 5.74) is 37.6. The molecule has 143 heavy (non-hydrogen) atoms. The van der Waals surface area contributed by atoms with Crippen LogP contribution in [0.1, 0.15) is 74.9 Å². The van der Waals surface area contributed by atoms with E-state index in [1.165, 1.54) is 111 Å². The van der Waals surface area contributed by atoms with Crippen LogP contribution < -0.4 is 0 Å². The Bertz CT molecular complexity index is 8770. The van der Waals surface area contributed by atoms with Crippen molar-refractivity contribution in [2.75, 3.05) is 0 Å². The lowest BCUT2D eigenvalue weighted by Gasteiger charge is -2.23. The zero-order valence-corrected chi connectivity index (χ0v) is 79.7. The number of fused-ring (bicyclic) bond motifs is 13. The zero-order valence-electron chi connectivity index (χ0n) is 79.7. The number of rotatable bonds is 15. The van der Waals surface area contributed by atoms with Gasteiger partial charge in [-0.3, -0.25) is 15.0 Å². The summed E-state index contributed by atoms with van der Waals surface area (Å²) in [6, 6.07) is 153. The molecule has 0 saturated carbocycles. The molecule has 23 aromatic rings. The van der Waals surface area contributed by atoms with Crippen LogP contribution in [-0.2, 0) is 16.2 Å². The second-order valence-corrected chi connectivity index (χ2v) is 38.2. The van der Waals surface area contributed by atoms with Crippen LogP contribution >= 0.6 is 0 Å². The minimum absolute atomic E-state index is 0.0554. The van der Waals surface area contributed by atoms with Crippen LogP contribution in [0.2, 0.25) is 0 Å². The van der Waals surface area contributed by atoms with Crippen molar-refractivity contribution >= 4 is 21.5 Å². The molecule has 678 valence electrons. The van der Waals surface area contributed by atoms with Gasteiger partial charge in [0.25, 0.3) is 0 Å². The minimum atomic E-state index is -0.105. The van der Waals surface area contributed by atoms with E-state index in [0.29, 0.717) is 52.4 Å². The largest absolute Gasteiger partial charge is 0.265 e. The maximum Gasteiger partial charge on any atom is 0.165 e. The molecule has 12 heteroatoms. The number of nitrogens with zero attached hydrogens (tertiary/aromatic N) is 12. The maximum absolute atomic E-state index is 5.01. The summed E-state index contributed by atoms with van der Waals surface area (Å²) in [7, 11) is 0. The van der Waals surface area contributed by atoms with E-state index in [9.17, 15) is 0 Å². The van der Waals surface area contributed by atoms with Crippen molar-refractivity contribution in [2.45, 2.75) is 57.8 Å². The molecule has 0 radical (unpaired) electrons. The molecule has 0 saturated heterocycles. The van der Waals surface area contributed by atoms with E-state index >= 15 is 0 Å². The van der Waals surface area contributed by atoms with Gasteiger partial charge in [0.1, 0.15) is 0 Å². The van der Waals surface area contributed by atoms with Crippen LogP contribution in [0, 0.1) is 0 Å². The predicted octanol–water partition coefficient (Wildman–Crippen LogP) is 32.0. The smallest absolute Gasteiger partial charge is 0.165 e. The quantitative estimate of drug-likeness (QED) is 0.0959. The Labute approximate surface area is 831 Å². The van der Waals surface area contributed by atoms with Gasteiger partial charge in [0.15, 0.2) is 52.4 Å². The molecule has 0 unspecified atom stereocenters. The maximum atomic E-state index is 5.01. The molecule has 0 aliphatic heterocycles. The van der Waals surface area contributed by atoms with E-state index in [4.69, 9.17) is 49.8 Å². The van der Waals surface area contributed by atoms with E-state index in [-0.39, 0.29) is 16.2 Å². The Morgan fingerprint density at radius 2 is 0.510 bits per heavy atom. The summed E-state index contributed by atoms with van der Waals surface area (Å²) >= 11 is 0. The highest BCUT2D eigenvalue weighted by Gasteiger charge is 2.41. The van der Waals surface area contributed by atoms with Crippen LogP contribution in [0.25, 0.3) is 224 Å². The van der Waals surface area contributed by atoms with E-state index in [2.05, 4.69) is 337 Å². The highest BCUT2D eigenvalue weighted by Crippen LogP contribution is 2.57. The average Bonchev–Trinajstić information content (AvgIpc) is 1.21. The van der Waals surface area contributed by atoms with Gasteiger partial charge in [0, 0.05) is 102 Å². The lowest BCUT2D eigenvalue weighted by Crippen LogP contribution is -2.15. The molecule has 3 aliphatic rings. The molecular weight excluding hydrogens is 1740 g/mol. The van der Waals surface area contributed by atoms with Gasteiger partial charge in [-0.05, 0) is 181 Å². The van der Waals surface area contributed by atoms with Crippen LogP contribution in [0.15, 0.2) is 462 Å². The fraction of sp³-hybridized carbons (Fsp3) is 0.0687. The Morgan fingerprint density at radius 1 is 0.168 bits per heavy atom. The van der Waals surface area contributed by atoms with Crippen LogP contribution in [0.3, 0.4) is 0 Å². The lowest BCUT2D eigenvalue weighted by molar-refractivity contribution is 0.660. The van der Waals surface area contributed by atoms with Crippen molar-refractivity contribution in [3.05, 3.63) is 495 Å². The summed E-state index contributed by atoms with van der Waals surface area (Å²) < 4.78 is 0. The molecule has 0 N–H and O–H groups in total. The van der Waals surface area contributed by atoms with E-state index in [1.807, 2.05) is 176 Å². The van der Waals surface area contributed by atoms with Gasteiger partial charge in [0.2, 0.25) is 0 Å². The molecular formula is C131H94N12. The van der Waals surface area contributed by atoms with Crippen molar-refractivity contribution < 1.29 is 0 Å². The molecule has 6 aromatic heterocycles. The molecule has 17 aromatic carbocycles. The van der Waals surface area contributed by atoms with Crippen LogP contribution in [0.4, 0.5) is 0 Å². The first-order valence-electron chi connectivity index (χ1n) is 48.5. The number of aromatic nitrogens is 12. The van der Waals surface area contributed by atoms with Gasteiger partial charge in [0.05, 0.1) is 11.4 Å². The number of hydrogen-bond donors (Lipinski definition) is 0. The Morgan fingerprint density at radius 3 is 1.05 bits per heavy atom. The molecule has 0 amide bonds. The molecule has 0 bridgehead atoms. The fourth-order valence-corrected chi connectivity index (χ4v) is 21.0. The van der Waals surface area contributed by atoms with Crippen LogP contribution in [-0.4, -0.2) is 59.8 Å². The van der Waals surface area contributed by atoms with Gasteiger partial charge < -0.3 is 0 Å². The Kier molecular flexibility index (Phi) is 22.4. The molecule has 12 nitrogen and oxygen atoms in total. The summed E-state index contributed by atoms with van der Waals surface area (Å²) in [5.74, 6) is 5.69. The van der Waals surface area contributed by atoms with Gasteiger partial charge in [-0.1, -0.05) is 430 Å². The number of benzene rings is 17. The number of pyridine rings is 3. The second-order valence-electron chi connectivity index (χ2n) is 38.2. The molecule has 3 aliphatic carbocycles. The normalized spacial score (nSPS) is 12.9. The Balaban J connectivity index is 0.000000116. The monoisotopic (exact) mass is 1830 g/mol. The third-order valence-electron chi connectivity index (χ3n) is 28.5. The van der Waals surface area contributed by atoms with E-state index in [0.717, 1.165) is 94.8 Å². The third kappa shape index (κ3) is 16.5. The number of hydrogen-bond acceptors (Lipinski definition) is 12. The minimum Gasteiger partial charge on any atom is -0.265 e. The average molecular weight is 1840 g/mol. The summed E-state index contributed by atoms with van der Waals surface area (Å²) in [6.45, 7) is 14.0. The highest BCUT2D eigenvalue weighted by molar-refractivity contribution is 6.07. The first-order chi connectivity index (χ1) is 70.1. The van der Waals surface area contributed by atoms with Crippen molar-refractivity contribution in [3.63, 3.8) is 0 Å². The summed E-state index contributed by atoms with van der Waals surface area (Å²) in [6.07, 6.45) is 7.28. The molecule has 0 fully saturated rings. The molecule has 26 rings (SSSR count). The molecule has 6 heterocycles. The van der Waals surface area contributed by atoms with Crippen molar-refractivity contribution in [3.8, 4) is 203 Å². The molecule has 0 atom stereocenters. The topological polar surface area (TPSA) is 155 Å². The van der Waals surface area contributed by atoms with E-state index in [1.54, 1.807) is 0 Å². The van der Waals surface area contributed by atoms with Gasteiger partial charge in [-0.2, -0.15) is 0 Å². The Hall–Kier alpha value is -18.3. The van der Waals surface area contributed by atoms with Gasteiger partial charge >= 0.3 is 0 Å².